The van der Waals surface area contributed by atoms with Gasteiger partial charge in [-0.2, -0.15) is 21.6 Å². The molecular formula is C17H8F3NO5S2. The van der Waals surface area contributed by atoms with Crippen molar-refractivity contribution in [1.82, 2.24) is 4.98 Å². The molecule has 28 heavy (non-hydrogen) atoms. The first kappa shape index (κ1) is 18.4. The number of halogens is 3. The molecule has 0 aliphatic heterocycles. The van der Waals surface area contributed by atoms with Crippen molar-refractivity contribution in [2.45, 2.75) is 5.51 Å². The van der Waals surface area contributed by atoms with Crippen LogP contribution in [0.5, 0.6) is 5.75 Å². The maximum absolute atomic E-state index is 12.4. The average molecular weight is 427 g/mol. The lowest BCUT2D eigenvalue weighted by Crippen LogP contribution is -2.28. The van der Waals surface area contributed by atoms with Crippen molar-refractivity contribution in [2.24, 2.45) is 0 Å². The van der Waals surface area contributed by atoms with E-state index in [0.29, 0.717) is 15.9 Å². The number of nitrogens with zero attached hydrogens (tertiary/aromatic N) is 1. The normalized spacial score (nSPS) is 12.5. The molecule has 2 aromatic heterocycles. The Morgan fingerprint density at radius 3 is 2.54 bits per heavy atom. The van der Waals surface area contributed by atoms with Crippen LogP contribution in [0.25, 0.3) is 31.8 Å². The first-order valence-corrected chi connectivity index (χ1v) is 9.81. The third-order valence-corrected chi connectivity index (χ3v) is 5.77. The van der Waals surface area contributed by atoms with Crippen molar-refractivity contribution in [3.63, 3.8) is 0 Å². The third-order valence-electron chi connectivity index (χ3n) is 3.72. The van der Waals surface area contributed by atoms with Crippen molar-refractivity contribution >= 4 is 42.6 Å². The second kappa shape index (κ2) is 6.31. The van der Waals surface area contributed by atoms with Gasteiger partial charge in [0.15, 0.2) is 0 Å². The molecule has 2 aromatic carbocycles. The Labute approximate surface area is 158 Å². The summed E-state index contributed by atoms with van der Waals surface area (Å²) in [4.78, 5) is 16.7. The Balaban J connectivity index is 1.77. The topological polar surface area (TPSA) is 86.5 Å². The van der Waals surface area contributed by atoms with Crippen molar-refractivity contribution in [3.05, 3.63) is 59.0 Å². The van der Waals surface area contributed by atoms with Crippen molar-refractivity contribution in [2.75, 3.05) is 0 Å². The summed E-state index contributed by atoms with van der Waals surface area (Å²) in [6, 6.07) is 12.0. The smallest absolute Gasteiger partial charge is 0.422 e. The van der Waals surface area contributed by atoms with E-state index in [-0.39, 0.29) is 11.1 Å². The van der Waals surface area contributed by atoms with Crippen LogP contribution in [0.15, 0.2) is 57.7 Å². The molecule has 0 fully saturated rings. The number of benzene rings is 2. The molecule has 144 valence electrons. The first-order chi connectivity index (χ1) is 13.1. The molecule has 0 aliphatic carbocycles. The third kappa shape index (κ3) is 3.22. The van der Waals surface area contributed by atoms with Crippen LogP contribution in [-0.2, 0) is 10.1 Å². The fraction of sp³-hybridized carbons (Fsp3) is 0.0588. The van der Waals surface area contributed by atoms with Crippen LogP contribution in [0, 0.1) is 0 Å². The molecule has 0 aliphatic rings. The number of hydrogen-bond donors (Lipinski definition) is 0. The van der Waals surface area contributed by atoms with Gasteiger partial charge in [-0.15, -0.1) is 11.3 Å². The van der Waals surface area contributed by atoms with Gasteiger partial charge in [-0.3, -0.25) is 0 Å². The Morgan fingerprint density at radius 2 is 1.82 bits per heavy atom. The molecule has 0 bridgehead atoms. The summed E-state index contributed by atoms with van der Waals surface area (Å²) in [7, 11) is -5.82. The number of aromatic nitrogens is 1. The second-order valence-corrected chi connectivity index (χ2v) is 8.19. The van der Waals surface area contributed by atoms with Gasteiger partial charge in [0, 0.05) is 11.5 Å². The summed E-state index contributed by atoms with van der Waals surface area (Å²) >= 11 is 1.29. The van der Waals surface area contributed by atoms with Crippen LogP contribution in [-0.4, -0.2) is 18.9 Å². The van der Waals surface area contributed by atoms with Gasteiger partial charge in [0.25, 0.3) is 0 Å². The van der Waals surface area contributed by atoms with E-state index in [9.17, 15) is 26.4 Å². The van der Waals surface area contributed by atoms with Crippen LogP contribution < -0.4 is 9.81 Å². The zero-order chi connectivity index (χ0) is 20.1. The molecule has 0 N–H and O–H groups in total. The summed E-state index contributed by atoms with van der Waals surface area (Å²) in [6.07, 6.45) is 0. The van der Waals surface area contributed by atoms with Crippen molar-refractivity contribution in [3.8, 4) is 16.3 Å². The summed E-state index contributed by atoms with van der Waals surface area (Å²) in [5.74, 6) is -0.624. The molecule has 2 heterocycles. The SMILES string of the molecule is O=c1oc2cc(OS(=O)(=O)C(F)(F)F)ccc2cc1-c1nc2ccccc2s1. The maximum Gasteiger partial charge on any atom is 0.534 e. The number of thiazole rings is 1. The molecule has 4 aromatic rings. The average Bonchev–Trinajstić information content (AvgIpc) is 3.03. The molecule has 0 radical (unpaired) electrons. The molecule has 0 atom stereocenters. The van der Waals surface area contributed by atoms with Gasteiger partial charge >= 0.3 is 21.3 Å². The van der Waals surface area contributed by atoms with E-state index < -0.39 is 27.0 Å². The van der Waals surface area contributed by atoms with Gasteiger partial charge in [0.2, 0.25) is 0 Å². The quantitative estimate of drug-likeness (QED) is 0.275. The molecular weight excluding hydrogens is 419 g/mol. The van der Waals surface area contributed by atoms with Gasteiger partial charge in [-0.1, -0.05) is 12.1 Å². The number of hydrogen-bond acceptors (Lipinski definition) is 7. The number of rotatable bonds is 3. The molecule has 11 heteroatoms. The highest BCUT2D eigenvalue weighted by Crippen LogP contribution is 2.32. The van der Waals surface area contributed by atoms with E-state index in [2.05, 4.69) is 9.17 Å². The van der Waals surface area contributed by atoms with Crippen molar-refractivity contribution < 1.29 is 30.2 Å². The fourth-order valence-corrected chi connectivity index (χ4v) is 3.87. The van der Waals surface area contributed by atoms with E-state index in [0.717, 1.165) is 16.8 Å². The van der Waals surface area contributed by atoms with Gasteiger partial charge in [-0.25, -0.2) is 9.78 Å². The van der Waals surface area contributed by atoms with Crippen LogP contribution in [0.3, 0.4) is 0 Å². The predicted molar refractivity (Wildman–Crippen MR) is 96.7 cm³/mol. The summed E-state index contributed by atoms with van der Waals surface area (Å²) < 4.78 is 69.6. The zero-order valence-electron chi connectivity index (χ0n) is 13.6. The Kier molecular flexibility index (Phi) is 4.16. The monoisotopic (exact) mass is 427 g/mol. The minimum Gasteiger partial charge on any atom is -0.422 e. The van der Waals surface area contributed by atoms with Crippen LogP contribution in [0.1, 0.15) is 0 Å². The highest BCUT2D eigenvalue weighted by atomic mass is 32.2. The minimum atomic E-state index is -5.82. The van der Waals surface area contributed by atoms with Gasteiger partial charge in [-0.05, 0) is 30.3 Å². The highest BCUT2D eigenvalue weighted by Gasteiger charge is 2.48. The largest absolute Gasteiger partial charge is 0.534 e. The van der Waals surface area contributed by atoms with Gasteiger partial charge in [0.05, 0.1) is 15.8 Å². The Hall–Kier alpha value is -2.92. The van der Waals surface area contributed by atoms with E-state index in [1.807, 2.05) is 18.2 Å². The molecule has 0 spiro atoms. The fourth-order valence-electron chi connectivity index (χ4n) is 2.45. The van der Waals surface area contributed by atoms with Crippen LogP contribution >= 0.6 is 11.3 Å². The van der Waals surface area contributed by atoms with E-state index in [1.165, 1.54) is 23.5 Å². The molecule has 0 amide bonds. The van der Waals surface area contributed by atoms with Crippen molar-refractivity contribution in [1.29, 1.82) is 0 Å². The molecule has 4 rings (SSSR count). The van der Waals surface area contributed by atoms with Crippen LogP contribution in [0.2, 0.25) is 0 Å². The Morgan fingerprint density at radius 1 is 1.07 bits per heavy atom. The number of alkyl halides is 3. The number of para-hydroxylation sites is 1. The van der Waals surface area contributed by atoms with Crippen LogP contribution in [0.4, 0.5) is 13.2 Å². The molecule has 0 unspecified atom stereocenters. The molecule has 0 saturated carbocycles. The second-order valence-electron chi connectivity index (χ2n) is 5.62. The minimum absolute atomic E-state index is 0.121. The lowest BCUT2D eigenvalue weighted by atomic mass is 10.2. The highest BCUT2D eigenvalue weighted by molar-refractivity contribution is 7.88. The number of fused-ring (bicyclic) bond motifs is 2. The standard InChI is InChI=1S/C17H8F3NO5S2/c18-17(19,20)28(23,24)26-10-6-5-9-7-11(16(22)25-13(9)8-10)15-21-12-3-1-2-4-14(12)27-15/h1-8H. The summed E-state index contributed by atoms with van der Waals surface area (Å²) in [6.45, 7) is 0. The Bertz CT molecular complexity index is 1340. The van der Waals surface area contributed by atoms with E-state index in [4.69, 9.17) is 4.42 Å². The summed E-state index contributed by atoms with van der Waals surface area (Å²) in [5.41, 5.74) is -5.56. The van der Waals surface area contributed by atoms with Gasteiger partial charge < -0.3 is 8.60 Å². The summed E-state index contributed by atoms with van der Waals surface area (Å²) in [5, 5.41) is 0.794. The lowest BCUT2D eigenvalue weighted by molar-refractivity contribution is -0.0500. The molecule has 0 saturated heterocycles. The maximum atomic E-state index is 12.4. The zero-order valence-corrected chi connectivity index (χ0v) is 15.2. The predicted octanol–water partition coefficient (Wildman–Crippen LogP) is 4.30. The molecule has 6 nitrogen and oxygen atoms in total. The van der Waals surface area contributed by atoms with E-state index >= 15 is 0 Å². The first-order valence-electron chi connectivity index (χ1n) is 7.59. The lowest BCUT2D eigenvalue weighted by Gasteiger charge is -2.09. The van der Waals surface area contributed by atoms with E-state index in [1.54, 1.807) is 6.07 Å². The van der Waals surface area contributed by atoms with Gasteiger partial charge in [0.1, 0.15) is 16.3 Å².